The van der Waals surface area contributed by atoms with Gasteiger partial charge in [0.2, 0.25) is 5.91 Å². The van der Waals surface area contributed by atoms with Gasteiger partial charge in [-0.1, -0.05) is 13.8 Å². The van der Waals surface area contributed by atoms with Crippen molar-refractivity contribution in [1.29, 1.82) is 5.26 Å². The van der Waals surface area contributed by atoms with Crippen molar-refractivity contribution in [2.45, 2.75) is 33.6 Å². The predicted octanol–water partition coefficient (Wildman–Crippen LogP) is 1.96. The van der Waals surface area contributed by atoms with Crippen molar-refractivity contribution in [3.8, 4) is 6.07 Å². The standard InChI is InChI=1S/C12H16N4O/c1-7-9(6-13)10(16-15-7)14-11(17)12(2,3)8-4-5-8/h8H,4-5H2,1-3H3,(H2,14,15,16,17). The highest BCUT2D eigenvalue weighted by atomic mass is 16.2. The molecule has 1 heterocycles. The summed E-state index contributed by atoms with van der Waals surface area (Å²) in [5.41, 5.74) is 0.691. The Morgan fingerprint density at radius 2 is 2.24 bits per heavy atom. The van der Waals surface area contributed by atoms with Gasteiger partial charge in [-0.3, -0.25) is 9.89 Å². The van der Waals surface area contributed by atoms with Crippen molar-refractivity contribution in [1.82, 2.24) is 10.2 Å². The number of anilines is 1. The largest absolute Gasteiger partial charge is 0.308 e. The Morgan fingerprint density at radius 3 is 2.76 bits per heavy atom. The van der Waals surface area contributed by atoms with E-state index in [0.29, 0.717) is 23.0 Å². The molecule has 2 rings (SSSR count). The van der Waals surface area contributed by atoms with Gasteiger partial charge < -0.3 is 5.32 Å². The van der Waals surface area contributed by atoms with Gasteiger partial charge in [0.1, 0.15) is 11.6 Å². The van der Waals surface area contributed by atoms with Crippen LogP contribution in [0.4, 0.5) is 5.82 Å². The first-order chi connectivity index (χ1) is 7.96. The predicted molar refractivity (Wildman–Crippen MR) is 63.2 cm³/mol. The lowest BCUT2D eigenvalue weighted by molar-refractivity contribution is -0.124. The van der Waals surface area contributed by atoms with Crippen LogP contribution in [0.5, 0.6) is 0 Å². The number of nitriles is 1. The van der Waals surface area contributed by atoms with E-state index < -0.39 is 0 Å². The summed E-state index contributed by atoms with van der Waals surface area (Å²) in [5, 5.41) is 18.3. The molecule has 1 aromatic rings. The molecule has 1 saturated carbocycles. The summed E-state index contributed by atoms with van der Waals surface area (Å²) in [4.78, 5) is 12.1. The fourth-order valence-corrected chi connectivity index (χ4v) is 1.92. The van der Waals surface area contributed by atoms with E-state index in [0.717, 1.165) is 12.8 Å². The number of nitrogens with one attached hydrogen (secondary N) is 2. The summed E-state index contributed by atoms with van der Waals surface area (Å²) in [6, 6.07) is 2.04. The number of rotatable bonds is 3. The lowest BCUT2D eigenvalue weighted by atomic mass is 9.86. The first-order valence-corrected chi connectivity index (χ1v) is 5.73. The fraction of sp³-hybridized carbons (Fsp3) is 0.583. The number of nitrogens with zero attached hydrogens (tertiary/aromatic N) is 2. The first-order valence-electron chi connectivity index (χ1n) is 5.73. The van der Waals surface area contributed by atoms with E-state index in [2.05, 4.69) is 15.5 Å². The van der Waals surface area contributed by atoms with Crippen molar-refractivity contribution >= 4 is 11.7 Å². The maximum atomic E-state index is 12.1. The van der Waals surface area contributed by atoms with Crippen molar-refractivity contribution in [2.24, 2.45) is 11.3 Å². The first kappa shape index (κ1) is 11.6. The molecule has 0 aromatic carbocycles. The van der Waals surface area contributed by atoms with Crippen LogP contribution in [-0.2, 0) is 4.79 Å². The third kappa shape index (κ3) is 2.03. The zero-order valence-corrected chi connectivity index (χ0v) is 10.3. The molecule has 0 radical (unpaired) electrons. The molecule has 1 amide bonds. The average molecular weight is 232 g/mol. The molecule has 0 atom stereocenters. The third-order valence-corrected chi connectivity index (χ3v) is 3.47. The number of aromatic nitrogens is 2. The second-order valence-corrected chi connectivity index (χ2v) is 5.13. The number of H-pyrrole nitrogens is 1. The van der Waals surface area contributed by atoms with Crippen molar-refractivity contribution in [2.75, 3.05) is 5.32 Å². The van der Waals surface area contributed by atoms with Gasteiger partial charge in [0.05, 0.1) is 5.69 Å². The second kappa shape index (κ2) is 3.88. The number of hydrogen-bond acceptors (Lipinski definition) is 3. The van der Waals surface area contributed by atoms with Crippen LogP contribution < -0.4 is 5.32 Å². The molecule has 0 aliphatic heterocycles. The molecule has 1 aliphatic carbocycles. The van der Waals surface area contributed by atoms with Gasteiger partial charge in [-0.2, -0.15) is 10.4 Å². The van der Waals surface area contributed by atoms with Gasteiger partial charge in [0.25, 0.3) is 0 Å². The number of carbonyl (C=O) groups excluding carboxylic acids is 1. The summed E-state index contributed by atoms with van der Waals surface area (Å²) in [6.07, 6.45) is 2.20. The lowest BCUT2D eigenvalue weighted by Crippen LogP contribution is -2.32. The van der Waals surface area contributed by atoms with E-state index in [4.69, 9.17) is 5.26 Å². The number of carbonyl (C=O) groups is 1. The highest BCUT2D eigenvalue weighted by Gasteiger charge is 2.43. The third-order valence-electron chi connectivity index (χ3n) is 3.47. The highest BCUT2D eigenvalue weighted by molar-refractivity contribution is 5.95. The van der Waals surface area contributed by atoms with Crippen LogP contribution in [0, 0.1) is 29.6 Å². The molecule has 17 heavy (non-hydrogen) atoms. The Balaban J connectivity index is 2.16. The van der Waals surface area contributed by atoms with Crippen LogP contribution in [0.1, 0.15) is 37.9 Å². The van der Waals surface area contributed by atoms with Crippen molar-refractivity contribution in [3.63, 3.8) is 0 Å². The maximum absolute atomic E-state index is 12.1. The summed E-state index contributed by atoms with van der Waals surface area (Å²) < 4.78 is 0. The maximum Gasteiger partial charge on any atom is 0.231 e. The molecule has 2 N–H and O–H groups in total. The Hall–Kier alpha value is -1.83. The van der Waals surface area contributed by atoms with E-state index in [-0.39, 0.29) is 11.3 Å². The monoisotopic (exact) mass is 232 g/mol. The molecule has 0 unspecified atom stereocenters. The normalized spacial score (nSPS) is 15.4. The fourth-order valence-electron chi connectivity index (χ4n) is 1.92. The molecule has 0 saturated heterocycles. The minimum atomic E-state index is -0.389. The lowest BCUT2D eigenvalue weighted by Gasteiger charge is -2.22. The van der Waals surface area contributed by atoms with E-state index >= 15 is 0 Å². The van der Waals surface area contributed by atoms with E-state index in [1.165, 1.54) is 0 Å². The summed E-state index contributed by atoms with van der Waals surface area (Å²) in [7, 11) is 0. The van der Waals surface area contributed by atoms with Crippen molar-refractivity contribution < 1.29 is 4.79 Å². The van der Waals surface area contributed by atoms with Crippen LogP contribution >= 0.6 is 0 Å². The van der Waals surface area contributed by atoms with Gasteiger partial charge in [0.15, 0.2) is 5.82 Å². The highest BCUT2D eigenvalue weighted by Crippen LogP contribution is 2.45. The van der Waals surface area contributed by atoms with Gasteiger partial charge in [0, 0.05) is 5.41 Å². The summed E-state index contributed by atoms with van der Waals surface area (Å²) in [6.45, 7) is 5.63. The Morgan fingerprint density at radius 1 is 1.59 bits per heavy atom. The molecule has 0 bridgehead atoms. The summed E-state index contributed by atoms with van der Waals surface area (Å²) >= 11 is 0. The molecule has 0 spiro atoms. The second-order valence-electron chi connectivity index (χ2n) is 5.13. The Labute approximate surface area is 100 Å². The average Bonchev–Trinajstić information content (AvgIpc) is 3.06. The molecule has 1 fully saturated rings. The molecule has 5 nitrogen and oxygen atoms in total. The minimum absolute atomic E-state index is 0.0667. The van der Waals surface area contributed by atoms with Gasteiger partial charge in [-0.15, -0.1) is 0 Å². The van der Waals surface area contributed by atoms with Gasteiger partial charge in [-0.05, 0) is 25.7 Å². The van der Waals surface area contributed by atoms with Gasteiger partial charge in [-0.25, -0.2) is 0 Å². The molecule has 90 valence electrons. The minimum Gasteiger partial charge on any atom is -0.308 e. The molecular formula is C12H16N4O. The van der Waals surface area contributed by atoms with Crippen LogP contribution in [0.2, 0.25) is 0 Å². The number of aryl methyl sites for hydroxylation is 1. The topological polar surface area (TPSA) is 81.6 Å². The Bertz CT molecular complexity index is 491. The number of amides is 1. The quantitative estimate of drug-likeness (QED) is 0.835. The van der Waals surface area contributed by atoms with Crippen LogP contribution in [-0.4, -0.2) is 16.1 Å². The smallest absolute Gasteiger partial charge is 0.231 e. The number of aromatic amines is 1. The van der Waals surface area contributed by atoms with Gasteiger partial charge >= 0.3 is 0 Å². The molecule has 1 aliphatic rings. The summed E-state index contributed by atoms with van der Waals surface area (Å²) in [5.74, 6) is 0.722. The van der Waals surface area contributed by atoms with Crippen LogP contribution in [0.25, 0.3) is 0 Å². The van der Waals surface area contributed by atoms with E-state index in [9.17, 15) is 4.79 Å². The van der Waals surface area contributed by atoms with Crippen molar-refractivity contribution in [3.05, 3.63) is 11.3 Å². The zero-order chi connectivity index (χ0) is 12.6. The zero-order valence-electron chi connectivity index (χ0n) is 10.3. The molecule has 5 heteroatoms. The van der Waals surface area contributed by atoms with Crippen LogP contribution in [0.3, 0.4) is 0 Å². The van der Waals surface area contributed by atoms with Crippen LogP contribution in [0.15, 0.2) is 0 Å². The van der Waals surface area contributed by atoms with E-state index in [1.54, 1.807) is 6.92 Å². The SMILES string of the molecule is Cc1[nH]nc(NC(=O)C(C)(C)C2CC2)c1C#N. The number of hydrogen-bond donors (Lipinski definition) is 2. The van der Waals surface area contributed by atoms with E-state index in [1.807, 2.05) is 19.9 Å². The molecular weight excluding hydrogens is 216 g/mol. The Kier molecular flexibility index (Phi) is 2.66. The molecule has 1 aromatic heterocycles.